The van der Waals surface area contributed by atoms with E-state index in [0.29, 0.717) is 16.6 Å². The third kappa shape index (κ3) is 4.10. The maximum Gasteiger partial charge on any atom is 0.240 e. The largest absolute Gasteiger partial charge is 0.340 e. The lowest BCUT2D eigenvalue weighted by Gasteiger charge is -2.30. The molecule has 0 fully saturated rings. The van der Waals surface area contributed by atoms with Gasteiger partial charge in [0.25, 0.3) is 0 Å². The van der Waals surface area contributed by atoms with E-state index in [-0.39, 0.29) is 11.3 Å². The van der Waals surface area contributed by atoms with Crippen LogP contribution in [0.5, 0.6) is 0 Å². The highest BCUT2D eigenvalue weighted by atomic mass is 35.5. The van der Waals surface area contributed by atoms with Gasteiger partial charge in [-0.2, -0.15) is 0 Å². The molecule has 1 amide bonds. The highest BCUT2D eigenvalue weighted by Gasteiger charge is 2.29. The van der Waals surface area contributed by atoms with Crippen molar-refractivity contribution in [1.29, 1.82) is 0 Å². The molecule has 1 rings (SSSR count). The van der Waals surface area contributed by atoms with Crippen LogP contribution in [0.4, 0.5) is 0 Å². The minimum atomic E-state index is -0.546. The molecule has 0 saturated carbocycles. The quantitative estimate of drug-likeness (QED) is 0.931. The molecule has 1 atom stereocenters. The Balaban J connectivity index is 2.83. The highest BCUT2D eigenvalue weighted by Crippen LogP contribution is 2.27. The second-order valence-electron chi connectivity index (χ2n) is 5.75. The third-order valence-corrected chi connectivity index (χ3v) is 3.87. The van der Waals surface area contributed by atoms with Gasteiger partial charge in [0.2, 0.25) is 5.91 Å². The van der Waals surface area contributed by atoms with E-state index in [1.54, 1.807) is 18.0 Å². The van der Waals surface area contributed by atoms with E-state index < -0.39 is 6.04 Å². The molecule has 106 valence electrons. The van der Waals surface area contributed by atoms with Crippen LogP contribution < -0.4 is 5.73 Å². The Kier molecular flexibility index (Phi) is 5.25. The van der Waals surface area contributed by atoms with E-state index in [1.807, 2.05) is 32.9 Å². The van der Waals surface area contributed by atoms with Crippen LogP contribution >= 0.6 is 23.2 Å². The molecule has 0 aromatic heterocycles. The van der Waals surface area contributed by atoms with Gasteiger partial charge in [0.05, 0.1) is 16.1 Å². The summed E-state index contributed by atoms with van der Waals surface area (Å²) in [4.78, 5) is 13.8. The molecule has 0 aliphatic heterocycles. The van der Waals surface area contributed by atoms with E-state index in [0.717, 1.165) is 5.56 Å². The Labute approximate surface area is 124 Å². The van der Waals surface area contributed by atoms with Gasteiger partial charge in [-0.05, 0) is 17.0 Å². The smallest absolute Gasteiger partial charge is 0.240 e. The number of rotatable bonds is 3. The molecule has 0 spiro atoms. The van der Waals surface area contributed by atoms with Crippen molar-refractivity contribution in [3.63, 3.8) is 0 Å². The topological polar surface area (TPSA) is 46.3 Å². The molecule has 1 aromatic carbocycles. The molecule has 0 saturated heterocycles. The maximum absolute atomic E-state index is 12.2. The predicted molar refractivity (Wildman–Crippen MR) is 80.4 cm³/mol. The molecule has 1 aromatic rings. The van der Waals surface area contributed by atoms with Crippen molar-refractivity contribution in [3.8, 4) is 0 Å². The molecule has 3 nitrogen and oxygen atoms in total. The van der Waals surface area contributed by atoms with E-state index >= 15 is 0 Å². The van der Waals surface area contributed by atoms with Gasteiger partial charge in [0, 0.05) is 13.6 Å². The number of likely N-dealkylation sites (N-methyl/N-ethyl adjacent to an activating group) is 1. The second-order valence-corrected chi connectivity index (χ2v) is 6.54. The minimum Gasteiger partial charge on any atom is -0.340 e. The zero-order valence-corrected chi connectivity index (χ0v) is 13.2. The lowest BCUT2D eigenvalue weighted by molar-refractivity contribution is -0.134. The molecule has 0 unspecified atom stereocenters. The van der Waals surface area contributed by atoms with Crippen LogP contribution in [-0.4, -0.2) is 23.9 Å². The molecular weight excluding hydrogens is 283 g/mol. The molecule has 19 heavy (non-hydrogen) atoms. The summed E-state index contributed by atoms with van der Waals surface area (Å²) in [5.74, 6) is -0.108. The number of carbonyl (C=O) groups excluding carboxylic acids is 1. The van der Waals surface area contributed by atoms with Gasteiger partial charge in [0.15, 0.2) is 0 Å². The van der Waals surface area contributed by atoms with Crippen LogP contribution in [0.1, 0.15) is 26.3 Å². The number of nitrogens with zero attached hydrogens (tertiary/aromatic N) is 1. The first-order chi connectivity index (χ1) is 8.64. The minimum absolute atomic E-state index is 0.108. The van der Waals surface area contributed by atoms with Crippen LogP contribution in [0.3, 0.4) is 0 Å². The second kappa shape index (κ2) is 6.12. The first kappa shape index (κ1) is 16.3. The average molecular weight is 303 g/mol. The fourth-order valence-corrected chi connectivity index (χ4v) is 1.99. The number of hydrogen-bond acceptors (Lipinski definition) is 2. The van der Waals surface area contributed by atoms with Gasteiger partial charge in [0.1, 0.15) is 0 Å². The predicted octanol–water partition coefficient (Wildman–Crippen LogP) is 3.33. The number of amides is 1. The van der Waals surface area contributed by atoms with Crippen LogP contribution in [0.2, 0.25) is 10.0 Å². The Morgan fingerprint density at radius 1 is 1.37 bits per heavy atom. The molecule has 0 aliphatic carbocycles. The SMILES string of the molecule is CN(Cc1cccc(Cl)c1Cl)C(=O)[C@@H](N)C(C)(C)C. The van der Waals surface area contributed by atoms with E-state index in [1.165, 1.54) is 0 Å². The number of halogens is 2. The molecular formula is C14H20Cl2N2O. The number of carbonyl (C=O) groups is 1. The summed E-state index contributed by atoms with van der Waals surface area (Å²) in [7, 11) is 1.71. The first-order valence-electron chi connectivity index (χ1n) is 6.08. The molecule has 2 N–H and O–H groups in total. The van der Waals surface area contributed by atoms with Crippen molar-refractivity contribution in [2.45, 2.75) is 33.4 Å². The molecule has 0 aliphatic rings. The van der Waals surface area contributed by atoms with Crippen molar-refractivity contribution in [2.24, 2.45) is 11.1 Å². The van der Waals surface area contributed by atoms with Gasteiger partial charge >= 0.3 is 0 Å². The van der Waals surface area contributed by atoms with Crippen molar-refractivity contribution in [1.82, 2.24) is 4.90 Å². The standard InChI is InChI=1S/C14H20Cl2N2O/c1-14(2,3)12(17)13(19)18(4)8-9-6-5-7-10(15)11(9)16/h5-7,12H,8,17H2,1-4H3/t12-/m1/s1. The maximum atomic E-state index is 12.2. The zero-order valence-electron chi connectivity index (χ0n) is 11.7. The summed E-state index contributed by atoms with van der Waals surface area (Å²) in [5.41, 5.74) is 6.50. The van der Waals surface area contributed by atoms with Gasteiger partial charge in [-0.3, -0.25) is 4.79 Å². The van der Waals surface area contributed by atoms with Crippen LogP contribution in [0.25, 0.3) is 0 Å². The van der Waals surface area contributed by atoms with Gasteiger partial charge in [-0.1, -0.05) is 56.1 Å². The Hall–Kier alpha value is -0.770. The number of benzene rings is 1. The van der Waals surface area contributed by atoms with Gasteiger partial charge < -0.3 is 10.6 Å². The Bertz CT molecular complexity index is 469. The zero-order chi connectivity index (χ0) is 14.8. The summed E-state index contributed by atoms with van der Waals surface area (Å²) in [5, 5.41) is 0.966. The molecule has 0 radical (unpaired) electrons. The summed E-state index contributed by atoms with van der Waals surface area (Å²) in [6.07, 6.45) is 0. The van der Waals surface area contributed by atoms with E-state index in [9.17, 15) is 4.79 Å². The lowest BCUT2D eigenvalue weighted by Crippen LogP contribution is -2.48. The van der Waals surface area contributed by atoms with Crippen LogP contribution in [0.15, 0.2) is 18.2 Å². The Morgan fingerprint density at radius 2 is 1.95 bits per heavy atom. The van der Waals surface area contributed by atoms with Crippen molar-refractivity contribution in [2.75, 3.05) is 7.05 Å². The average Bonchev–Trinajstić information content (AvgIpc) is 2.31. The van der Waals surface area contributed by atoms with Crippen molar-refractivity contribution in [3.05, 3.63) is 33.8 Å². The van der Waals surface area contributed by atoms with E-state index in [2.05, 4.69) is 0 Å². The lowest BCUT2D eigenvalue weighted by atomic mass is 9.86. The number of hydrogen-bond donors (Lipinski definition) is 1. The fourth-order valence-electron chi connectivity index (χ4n) is 1.61. The normalized spacial score (nSPS) is 13.2. The monoisotopic (exact) mass is 302 g/mol. The summed E-state index contributed by atoms with van der Waals surface area (Å²) in [6, 6.07) is 4.83. The van der Waals surface area contributed by atoms with Gasteiger partial charge in [-0.25, -0.2) is 0 Å². The first-order valence-corrected chi connectivity index (χ1v) is 6.83. The number of nitrogens with two attached hydrogens (primary N) is 1. The highest BCUT2D eigenvalue weighted by molar-refractivity contribution is 6.42. The van der Waals surface area contributed by atoms with E-state index in [4.69, 9.17) is 28.9 Å². The summed E-state index contributed by atoms with van der Waals surface area (Å²) >= 11 is 12.1. The summed E-state index contributed by atoms with van der Waals surface area (Å²) < 4.78 is 0. The fraction of sp³-hybridized carbons (Fsp3) is 0.500. The summed E-state index contributed by atoms with van der Waals surface area (Å²) in [6.45, 7) is 6.21. The van der Waals surface area contributed by atoms with Gasteiger partial charge in [-0.15, -0.1) is 0 Å². The van der Waals surface area contributed by atoms with Crippen molar-refractivity contribution >= 4 is 29.1 Å². The Morgan fingerprint density at radius 3 is 2.47 bits per heavy atom. The van der Waals surface area contributed by atoms with Crippen LogP contribution in [0, 0.1) is 5.41 Å². The molecule has 5 heteroatoms. The molecule has 0 heterocycles. The third-order valence-electron chi connectivity index (χ3n) is 3.01. The van der Waals surface area contributed by atoms with Crippen LogP contribution in [-0.2, 0) is 11.3 Å². The molecule has 0 bridgehead atoms. The van der Waals surface area contributed by atoms with Crippen molar-refractivity contribution < 1.29 is 4.79 Å².